The Bertz CT molecular complexity index is 1740. The minimum absolute atomic E-state index is 0.0260. The lowest BCUT2D eigenvalue weighted by Crippen LogP contribution is -2.30. The summed E-state index contributed by atoms with van der Waals surface area (Å²) in [6, 6.07) is 15.5. The lowest BCUT2D eigenvalue weighted by atomic mass is 10.2. The van der Waals surface area contributed by atoms with E-state index in [1.807, 2.05) is 50.2 Å². The molecule has 0 saturated heterocycles. The molecule has 3 heterocycles. The minimum Gasteiger partial charge on any atom is -0.497 e. The van der Waals surface area contributed by atoms with Crippen molar-refractivity contribution in [2.75, 3.05) is 30.6 Å². The van der Waals surface area contributed by atoms with Gasteiger partial charge < -0.3 is 25.8 Å². The number of nitrogens with two attached hydrogens (primary N) is 1. The van der Waals surface area contributed by atoms with E-state index in [9.17, 15) is 9.59 Å². The largest absolute Gasteiger partial charge is 0.497 e. The van der Waals surface area contributed by atoms with Gasteiger partial charge in [-0.3, -0.25) is 14.2 Å². The van der Waals surface area contributed by atoms with Crippen LogP contribution in [0.25, 0.3) is 11.2 Å². The molecule has 40 heavy (non-hydrogen) atoms. The first kappa shape index (κ1) is 26.2. The highest BCUT2D eigenvalue weighted by atomic mass is 16.5. The number of nitrogens with one attached hydrogen (secondary N) is 2. The normalized spacial score (nSPS) is 11.7. The molecule has 0 aliphatic rings. The number of fused-ring (bicyclic) bond motifs is 1. The van der Waals surface area contributed by atoms with Crippen molar-refractivity contribution in [3.63, 3.8) is 0 Å². The number of amides is 1. The molecule has 0 saturated carbocycles. The fourth-order valence-electron chi connectivity index (χ4n) is 4.41. The minimum atomic E-state index is -0.585. The summed E-state index contributed by atoms with van der Waals surface area (Å²) in [5.41, 5.74) is 8.32. The zero-order chi connectivity index (χ0) is 28.4. The third kappa shape index (κ3) is 4.89. The van der Waals surface area contributed by atoms with Crippen molar-refractivity contribution in [1.82, 2.24) is 24.1 Å². The number of carbonyl (C=O) groups excluding carboxylic acids is 1. The van der Waals surface area contributed by atoms with Crippen molar-refractivity contribution in [1.29, 1.82) is 0 Å². The SMILES string of the molecule is COc1cc(NC(=O)c2c(N)ncnc2NC(C)c2nn3ccc(C)c3c(=O)n2-c2ccccc2)cc(OC)c1. The number of methoxy groups -OCH3 is 2. The van der Waals surface area contributed by atoms with Crippen molar-refractivity contribution in [3.05, 3.63) is 94.4 Å². The average Bonchev–Trinajstić information content (AvgIpc) is 3.33. The van der Waals surface area contributed by atoms with Gasteiger partial charge in [0.1, 0.15) is 40.5 Å². The summed E-state index contributed by atoms with van der Waals surface area (Å²) >= 11 is 0. The second-order valence-corrected chi connectivity index (χ2v) is 9.03. The Morgan fingerprint density at radius 3 is 2.40 bits per heavy atom. The van der Waals surface area contributed by atoms with Crippen molar-refractivity contribution in [2.45, 2.75) is 19.9 Å². The molecular formula is C28H28N8O4. The Morgan fingerprint density at radius 1 is 1.02 bits per heavy atom. The summed E-state index contributed by atoms with van der Waals surface area (Å²) in [7, 11) is 3.03. The first-order valence-electron chi connectivity index (χ1n) is 12.4. The number of para-hydroxylation sites is 1. The van der Waals surface area contributed by atoms with Crippen LogP contribution in [0.15, 0.2) is 71.9 Å². The molecule has 5 aromatic rings. The molecular weight excluding hydrogens is 512 g/mol. The van der Waals surface area contributed by atoms with Crippen LogP contribution in [0.5, 0.6) is 11.5 Å². The van der Waals surface area contributed by atoms with Gasteiger partial charge in [-0.2, -0.15) is 5.10 Å². The van der Waals surface area contributed by atoms with Crippen LogP contribution in [-0.4, -0.2) is 44.3 Å². The van der Waals surface area contributed by atoms with Gasteiger partial charge in [-0.1, -0.05) is 18.2 Å². The predicted octanol–water partition coefficient (Wildman–Crippen LogP) is 3.61. The number of hydrogen-bond acceptors (Lipinski definition) is 9. The Kier molecular flexibility index (Phi) is 7.06. The van der Waals surface area contributed by atoms with Crippen LogP contribution in [0.2, 0.25) is 0 Å². The van der Waals surface area contributed by atoms with Gasteiger partial charge in [0.15, 0.2) is 5.82 Å². The fourth-order valence-corrected chi connectivity index (χ4v) is 4.41. The van der Waals surface area contributed by atoms with Crippen molar-refractivity contribution in [2.24, 2.45) is 0 Å². The molecule has 1 atom stereocenters. The number of aromatic nitrogens is 5. The van der Waals surface area contributed by atoms with Crippen LogP contribution >= 0.6 is 0 Å². The van der Waals surface area contributed by atoms with Gasteiger partial charge in [0.2, 0.25) is 0 Å². The van der Waals surface area contributed by atoms with Crippen LogP contribution in [0, 0.1) is 6.92 Å². The molecule has 3 aromatic heterocycles. The summed E-state index contributed by atoms with van der Waals surface area (Å²) in [6.45, 7) is 3.68. The highest BCUT2D eigenvalue weighted by Gasteiger charge is 2.24. The molecule has 0 bridgehead atoms. The predicted molar refractivity (Wildman–Crippen MR) is 152 cm³/mol. The number of rotatable bonds is 8. The number of carbonyl (C=O) groups is 1. The quantitative estimate of drug-likeness (QED) is 0.268. The smallest absolute Gasteiger partial charge is 0.282 e. The second kappa shape index (κ2) is 10.8. The van der Waals surface area contributed by atoms with Gasteiger partial charge in [0, 0.05) is 30.1 Å². The molecule has 0 radical (unpaired) electrons. The van der Waals surface area contributed by atoms with E-state index in [2.05, 4.69) is 20.6 Å². The monoisotopic (exact) mass is 540 g/mol. The van der Waals surface area contributed by atoms with E-state index in [4.69, 9.17) is 20.3 Å². The standard InChI is InChI=1S/C28H28N8O4/c1-16-10-11-35-23(16)28(38)36(19-8-6-5-7-9-19)26(34-35)17(2)32-25-22(24(29)30-15-31-25)27(37)33-18-12-20(39-3)14-21(13-18)40-4/h5-15,17H,1-4H3,(H,33,37)(H3,29,30,31,32). The van der Waals surface area contributed by atoms with Crippen molar-refractivity contribution in [3.8, 4) is 17.2 Å². The van der Waals surface area contributed by atoms with Crippen molar-refractivity contribution < 1.29 is 14.3 Å². The fraction of sp³-hybridized carbons (Fsp3) is 0.179. The molecule has 1 unspecified atom stereocenters. The molecule has 4 N–H and O–H groups in total. The van der Waals surface area contributed by atoms with Crippen LogP contribution in [0.3, 0.4) is 0 Å². The van der Waals surface area contributed by atoms with E-state index in [1.165, 1.54) is 20.5 Å². The van der Waals surface area contributed by atoms with Crippen LogP contribution < -0.4 is 31.4 Å². The molecule has 2 aromatic carbocycles. The van der Waals surface area contributed by atoms with E-state index in [0.29, 0.717) is 34.2 Å². The van der Waals surface area contributed by atoms with E-state index < -0.39 is 11.9 Å². The molecule has 0 aliphatic carbocycles. The van der Waals surface area contributed by atoms with Crippen molar-refractivity contribution >= 4 is 28.7 Å². The summed E-state index contributed by atoms with van der Waals surface area (Å²) in [4.78, 5) is 35.4. The molecule has 0 fully saturated rings. The zero-order valence-electron chi connectivity index (χ0n) is 22.4. The van der Waals surface area contributed by atoms with Gasteiger partial charge in [0.05, 0.1) is 25.9 Å². The maximum absolute atomic E-state index is 13.7. The topological polar surface area (TPSA) is 151 Å². The third-order valence-electron chi connectivity index (χ3n) is 6.38. The lowest BCUT2D eigenvalue weighted by Gasteiger charge is -2.21. The summed E-state index contributed by atoms with van der Waals surface area (Å²) in [5, 5.41) is 10.8. The second-order valence-electron chi connectivity index (χ2n) is 9.03. The summed E-state index contributed by atoms with van der Waals surface area (Å²) in [6.07, 6.45) is 2.99. The Hall–Kier alpha value is -5.39. The van der Waals surface area contributed by atoms with Gasteiger partial charge in [0.25, 0.3) is 11.5 Å². The zero-order valence-corrected chi connectivity index (χ0v) is 22.4. The van der Waals surface area contributed by atoms with Gasteiger partial charge in [-0.15, -0.1) is 0 Å². The van der Waals surface area contributed by atoms with Crippen LogP contribution in [0.1, 0.15) is 34.7 Å². The highest BCUT2D eigenvalue weighted by Crippen LogP contribution is 2.28. The third-order valence-corrected chi connectivity index (χ3v) is 6.38. The van der Waals surface area contributed by atoms with Crippen LogP contribution in [0.4, 0.5) is 17.3 Å². The number of benzene rings is 2. The molecule has 0 spiro atoms. The molecule has 0 aliphatic heterocycles. The Morgan fingerprint density at radius 2 is 1.73 bits per heavy atom. The van der Waals surface area contributed by atoms with E-state index >= 15 is 0 Å². The number of anilines is 3. The summed E-state index contributed by atoms with van der Waals surface area (Å²) in [5.74, 6) is 0.999. The molecule has 204 valence electrons. The maximum Gasteiger partial charge on any atom is 0.282 e. The molecule has 5 rings (SSSR count). The average molecular weight is 541 g/mol. The first-order chi connectivity index (χ1) is 19.3. The number of hydrogen-bond donors (Lipinski definition) is 3. The number of nitrogens with zero attached hydrogens (tertiary/aromatic N) is 5. The maximum atomic E-state index is 13.7. The Labute approximate surface area is 229 Å². The lowest BCUT2D eigenvalue weighted by molar-refractivity contribution is 0.102. The number of ether oxygens (including phenoxy) is 2. The molecule has 1 amide bonds. The van der Waals surface area contributed by atoms with Gasteiger partial charge in [-0.25, -0.2) is 14.5 Å². The van der Waals surface area contributed by atoms with E-state index in [-0.39, 0.29) is 22.8 Å². The van der Waals surface area contributed by atoms with E-state index in [0.717, 1.165) is 5.56 Å². The molecule has 12 heteroatoms. The number of aryl methyl sites for hydroxylation is 1. The van der Waals surface area contributed by atoms with Gasteiger partial charge >= 0.3 is 0 Å². The van der Waals surface area contributed by atoms with E-state index in [1.54, 1.807) is 33.5 Å². The first-order valence-corrected chi connectivity index (χ1v) is 12.4. The number of nitrogen functional groups attached to an aromatic ring is 1. The van der Waals surface area contributed by atoms with Gasteiger partial charge in [-0.05, 0) is 37.6 Å². The highest BCUT2D eigenvalue weighted by molar-refractivity contribution is 6.10. The molecule has 12 nitrogen and oxygen atoms in total. The summed E-state index contributed by atoms with van der Waals surface area (Å²) < 4.78 is 13.7. The Balaban J connectivity index is 1.54. The van der Waals surface area contributed by atoms with Crippen LogP contribution in [-0.2, 0) is 0 Å².